The van der Waals surface area contributed by atoms with Crippen LogP contribution in [-0.4, -0.2) is 69.6 Å². The molecule has 7 heteroatoms. The summed E-state index contributed by atoms with van der Waals surface area (Å²) in [6.07, 6.45) is 2.11. The highest BCUT2D eigenvalue weighted by Gasteiger charge is 2.22. The van der Waals surface area contributed by atoms with Crippen molar-refractivity contribution in [1.82, 2.24) is 9.80 Å². The predicted octanol–water partition coefficient (Wildman–Crippen LogP) is 1.71. The first-order valence-corrected chi connectivity index (χ1v) is 10.7. The summed E-state index contributed by atoms with van der Waals surface area (Å²) in [6.45, 7) is 8.73. The van der Waals surface area contributed by atoms with Crippen LogP contribution in [0.1, 0.15) is 25.3 Å². The van der Waals surface area contributed by atoms with Gasteiger partial charge in [-0.25, -0.2) is 8.42 Å². The molecule has 6 nitrogen and oxygen atoms in total. The smallest absolute Gasteiger partial charge is 0.232 e. The van der Waals surface area contributed by atoms with Crippen molar-refractivity contribution in [1.29, 1.82) is 0 Å². The number of hydrogen-bond acceptors (Lipinski definition) is 4. The summed E-state index contributed by atoms with van der Waals surface area (Å²) in [7, 11) is -3.37. The van der Waals surface area contributed by atoms with Gasteiger partial charge in [-0.1, -0.05) is 25.1 Å². The Morgan fingerprint density at radius 3 is 2.36 bits per heavy atom. The van der Waals surface area contributed by atoms with Crippen molar-refractivity contribution in [3.8, 4) is 0 Å². The summed E-state index contributed by atoms with van der Waals surface area (Å²) in [5, 5.41) is 0. The number of rotatable bonds is 7. The van der Waals surface area contributed by atoms with Crippen LogP contribution in [0.5, 0.6) is 0 Å². The molecule has 1 aromatic carbocycles. The standard InChI is InChI=1S/C18H29N3O3S/c1-4-19-12-14-20(15-13-19)18(22)10-7-11-21(25(3,23)24)17-9-6-5-8-16(17)2/h5-6,8-9H,4,7,10-15H2,1-3H3. The van der Waals surface area contributed by atoms with Crippen LogP contribution in [0.15, 0.2) is 24.3 Å². The number of amides is 1. The van der Waals surface area contributed by atoms with Crippen molar-refractivity contribution in [3.63, 3.8) is 0 Å². The molecule has 1 aromatic rings. The summed E-state index contributed by atoms with van der Waals surface area (Å²) in [4.78, 5) is 16.6. The van der Waals surface area contributed by atoms with Crippen molar-refractivity contribution in [3.05, 3.63) is 29.8 Å². The van der Waals surface area contributed by atoms with Gasteiger partial charge in [0.15, 0.2) is 0 Å². The van der Waals surface area contributed by atoms with Gasteiger partial charge < -0.3 is 9.80 Å². The second-order valence-corrected chi connectivity index (χ2v) is 8.45. The molecule has 0 spiro atoms. The Morgan fingerprint density at radius 2 is 1.80 bits per heavy atom. The highest BCUT2D eigenvalue weighted by atomic mass is 32.2. The SMILES string of the molecule is CCN1CCN(C(=O)CCCN(c2ccccc2C)S(C)(=O)=O)CC1. The molecule has 1 amide bonds. The third-order valence-corrected chi connectivity index (χ3v) is 5.89. The van der Waals surface area contributed by atoms with Crippen molar-refractivity contribution in [2.75, 3.05) is 49.8 Å². The Labute approximate surface area is 151 Å². The van der Waals surface area contributed by atoms with Gasteiger partial charge in [-0.15, -0.1) is 0 Å². The maximum Gasteiger partial charge on any atom is 0.232 e. The Kier molecular flexibility index (Phi) is 6.84. The highest BCUT2D eigenvalue weighted by molar-refractivity contribution is 7.92. The zero-order chi connectivity index (χ0) is 18.4. The van der Waals surface area contributed by atoms with E-state index in [0.717, 1.165) is 38.3 Å². The summed E-state index contributed by atoms with van der Waals surface area (Å²) in [6, 6.07) is 7.42. The number of hydrogen-bond donors (Lipinski definition) is 0. The molecular weight excluding hydrogens is 338 g/mol. The van der Waals surface area contributed by atoms with Gasteiger partial charge in [0.2, 0.25) is 15.9 Å². The van der Waals surface area contributed by atoms with Crippen LogP contribution in [0.3, 0.4) is 0 Å². The van der Waals surface area contributed by atoms with E-state index in [2.05, 4.69) is 11.8 Å². The highest BCUT2D eigenvalue weighted by Crippen LogP contribution is 2.22. The number of aryl methyl sites for hydroxylation is 1. The zero-order valence-corrected chi connectivity index (χ0v) is 16.3. The van der Waals surface area contributed by atoms with E-state index in [4.69, 9.17) is 0 Å². The molecule has 0 aliphatic carbocycles. The van der Waals surface area contributed by atoms with E-state index < -0.39 is 10.0 Å². The molecule has 1 saturated heterocycles. The second-order valence-electron chi connectivity index (χ2n) is 6.54. The third-order valence-electron chi connectivity index (χ3n) is 4.71. The molecule has 0 unspecified atom stereocenters. The lowest BCUT2D eigenvalue weighted by Crippen LogP contribution is -2.48. The lowest BCUT2D eigenvalue weighted by atomic mass is 10.2. The van der Waals surface area contributed by atoms with Crippen LogP contribution in [0, 0.1) is 6.92 Å². The third kappa shape index (κ3) is 5.44. The number of likely N-dealkylation sites (N-methyl/N-ethyl adjacent to an activating group) is 1. The van der Waals surface area contributed by atoms with Gasteiger partial charge in [0, 0.05) is 39.1 Å². The zero-order valence-electron chi connectivity index (χ0n) is 15.4. The maximum absolute atomic E-state index is 12.4. The van der Waals surface area contributed by atoms with Gasteiger partial charge in [0.1, 0.15) is 0 Å². The Bertz CT molecular complexity index is 683. The van der Waals surface area contributed by atoms with Crippen LogP contribution in [0.25, 0.3) is 0 Å². The van der Waals surface area contributed by atoms with E-state index in [1.807, 2.05) is 36.1 Å². The minimum Gasteiger partial charge on any atom is -0.340 e. The number of nitrogens with zero attached hydrogens (tertiary/aromatic N) is 3. The molecule has 0 atom stereocenters. The minimum absolute atomic E-state index is 0.119. The van der Waals surface area contributed by atoms with Gasteiger partial charge in [0.05, 0.1) is 11.9 Å². The Hall–Kier alpha value is -1.60. The van der Waals surface area contributed by atoms with Gasteiger partial charge in [-0.05, 0) is 31.5 Å². The lowest BCUT2D eigenvalue weighted by molar-refractivity contribution is -0.132. The van der Waals surface area contributed by atoms with Crippen molar-refractivity contribution in [2.45, 2.75) is 26.7 Å². The second kappa shape index (κ2) is 8.67. The van der Waals surface area contributed by atoms with E-state index in [1.54, 1.807) is 0 Å². The average Bonchev–Trinajstić information content (AvgIpc) is 2.58. The van der Waals surface area contributed by atoms with Crippen molar-refractivity contribution < 1.29 is 13.2 Å². The Balaban J connectivity index is 1.92. The van der Waals surface area contributed by atoms with E-state index in [0.29, 0.717) is 25.1 Å². The summed E-state index contributed by atoms with van der Waals surface area (Å²) < 4.78 is 25.7. The molecule has 0 saturated carbocycles. The quantitative estimate of drug-likeness (QED) is 0.736. The molecule has 1 aliphatic rings. The van der Waals surface area contributed by atoms with Gasteiger partial charge in [-0.3, -0.25) is 9.10 Å². The van der Waals surface area contributed by atoms with Crippen molar-refractivity contribution >= 4 is 21.6 Å². The van der Waals surface area contributed by atoms with Gasteiger partial charge in [-0.2, -0.15) is 0 Å². The van der Waals surface area contributed by atoms with Crippen molar-refractivity contribution in [2.24, 2.45) is 0 Å². The Morgan fingerprint density at radius 1 is 1.16 bits per heavy atom. The molecule has 25 heavy (non-hydrogen) atoms. The molecule has 1 aliphatic heterocycles. The minimum atomic E-state index is -3.37. The molecule has 1 heterocycles. The van der Waals surface area contributed by atoms with Crippen LogP contribution in [-0.2, 0) is 14.8 Å². The molecule has 0 aromatic heterocycles. The fourth-order valence-corrected chi connectivity index (χ4v) is 4.18. The number of carbonyl (C=O) groups excluding carboxylic acids is 1. The number of benzene rings is 1. The lowest BCUT2D eigenvalue weighted by Gasteiger charge is -2.34. The summed E-state index contributed by atoms with van der Waals surface area (Å²) >= 11 is 0. The van der Waals surface area contributed by atoms with Crippen LogP contribution < -0.4 is 4.31 Å². The van der Waals surface area contributed by atoms with Crippen LogP contribution >= 0.6 is 0 Å². The molecule has 1 fully saturated rings. The topological polar surface area (TPSA) is 60.9 Å². The first-order chi connectivity index (χ1) is 11.8. The predicted molar refractivity (Wildman–Crippen MR) is 101 cm³/mol. The average molecular weight is 368 g/mol. The van der Waals surface area contributed by atoms with E-state index in [1.165, 1.54) is 10.6 Å². The molecule has 0 bridgehead atoms. The fourth-order valence-electron chi connectivity index (χ4n) is 3.15. The van der Waals surface area contributed by atoms with E-state index in [9.17, 15) is 13.2 Å². The first-order valence-electron chi connectivity index (χ1n) is 8.86. The molecule has 2 rings (SSSR count). The summed E-state index contributed by atoms with van der Waals surface area (Å²) in [5.74, 6) is 0.119. The number of piperazine rings is 1. The largest absolute Gasteiger partial charge is 0.340 e. The normalized spacial score (nSPS) is 16.0. The molecule has 0 radical (unpaired) electrons. The number of para-hydroxylation sites is 1. The molecule has 140 valence electrons. The van der Waals surface area contributed by atoms with Crippen LogP contribution in [0.2, 0.25) is 0 Å². The van der Waals surface area contributed by atoms with Gasteiger partial charge in [0.25, 0.3) is 0 Å². The number of carbonyl (C=O) groups is 1. The van der Waals surface area contributed by atoms with E-state index >= 15 is 0 Å². The van der Waals surface area contributed by atoms with Gasteiger partial charge >= 0.3 is 0 Å². The first kappa shape index (κ1) is 19.7. The molecule has 0 N–H and O–H groups in total. The molecular formula is C18H29N3O3S. The number of sulfonamides is 1. The number of anilines is 1. The summed E-state index contributed by atoms with van der Waals surface area (Å²) in [5.41, 5.74) is 1.60. The van der Waals surface area contributed by atoms with Crippen LogP contribution in [0.4, 0.5) is 5.69 Å². The van der Waals surface area contributed by atoms with E-state index in [-0.39, 0.29) is 5.91 Å². The fraction of sp³-hybridized carbons (Fsp3) is 0.611. The monoisotopic (exact) mass is 367 g/mol. The maximum atomic E-state index is 12.4.